The van der Waals surface area contributed by atoms with Gasteiger partial charge in [0, 0.05) is 11.1 Å². The van der Waals surface area contributed by atoms with Crippen molar-refractivity contribution in [1.29, 1.82) is 0 Å². The molecule has 1 N–H and O–H groups in total. The fourth-order valence-corrected chi connectivity index (χ4v) is 1.65. The van der Waals surface area contributed by atoms with E-state index in [9.17, 15) is 9.90 Å². The molecule has 0 atom stereocenters. The van der Waals surface area contributed by atoms with Crippen molar-refractivity contribution in [1.82, 2.24) is 0 Å². The largest absolute Gasteiger partial charge is 0.507 e. The number of phenols is 1. The van der Waals surface area contributed by atoms with Crippen molar-refractivity contribution in [2.24, 2.45) is 4.99 Å². The molecule has 0 amide bonds. The summed E-state index contributed by atoms with van der Waals surface area (Å²) < 4.78 is 5.02. The van der Waals surface area contributed by atoms with E-state index in [1.54, 1.807) is 6.92 Å². The van der Waals surface area contributed by atoms with Gasteiger partial charge in [0.1, 0.15) is 11.5 Å². The number of hydrogen-bond donors (Lipinski definition) is 1. The van der Waals surface area contributed by atoms with Crippen molar-refractivity contribution in [2.45, 2.75) is 13.5 Å². The number of rotatable bonds is 3. The van der Waals surface area contributed by atoms with Gasteiger partial charge < -0.3 is 9.84 Å². The van der Waals surface area contributed by atoms with Gasteiger partial charge in [0.15, 0.2) is 0 Å². The normalized spacial score (nSPS) is 9.53. The molecule has 0 radical (unpaired) electrons. The van der Waals surface area contributed by atoms with Gasteiger partial charge in [0.25, 0.3) is 0 Å². The lowest BCUT2D eigenvalue weighted by atomic mass is 10.1. The smallest absolute Gasteiger partial charge is 0.235 e. The summed E-state index contributed by atoms with van der Waals surface area (Å²) >= 11 is 5.91. The molecule has 15 heavy (non-hydrogen) atoms. The van der Waals surface area contributed by atoms with Crippen LogP contribution in [-0.4, -0.2) is 18.3 Å². The van der Waals surface area contributed by atoms with Gasteiger partial charge in [-0.05, 0) is 13.0 Å². The van der Waals surface area contributed by atoms with Gasteiger partial charge in [0.05, 0.1) is 18.7 Å². The van der Waals surface area contributed by atoms with E-state index in [4.69, 9.17) is 16.3 Å². The lowest BCUT2D eigenvalue weighted by Gasteiger charge is -2.11. The number of carbonyl (C=O) groups excluding carboxylic acids is 1. The summed E-state index contributed by atoms with van der Waals surface area (Å²) in [4.78, 5) is 13.3. The van der Waals surface area contributed by atoms with Crippen molar-refractivity contribution in [3.8, 4) is 11.5 Å². The summed E-state index contributed by atoms with van der Waals surface area (Å²) in [6, 6.07) is 1.52. The fourth-order valence-electron chi connectivity index (χ4n) is 1.30. The van der Waals surface area contributed by atoms with Gasteiger partial charge in [-0.3, -0.25) is 0 Å². The first-order valence-corrected chi connectivity index (χ1v) is 4.58. The Hall–Kier alpha value is -1.51. The van der Waals surface area contributed by atoms with Crippen LogP contribution in [0.25, 0.3) is 0 Å². The van der Waals surface area contributed by atoms with Crippen LogP contribution in [0.1, 0.15) is 11.1 Å². The standard InChI is InChI=1S/C10H10ClNO3/c1-6-9(14)7(4-12-5-13)3-8(11)10(6)15-2/h3,14H,4H2,1-2H3. The van der Waals surface area contributed by atoms with Gasteiger partial charge in [-0.25, -0.2) is 9.79 Å². The van der Waals surface area contributed by atoms with Crippen LogP contribution in [-0.2, 0) is 11.3 Å². The predicted octanol–water partition coefficient (Wildman–Crippen LogP) is 2.20. The maximum Gasteiger partial charge on any atom is 0.235 e. The molecule has 0 bridgehead atoms. The molecule has 0 aliphatic heterocycles. The van der Waals surface area contributed by atoms with Crippen LogP contribution in [0.2, 0.25) is 5.02 Å². The number of aliphatic imine (C=N–C) groups is 1. The second-order valence-corrected chi connectivity index (χ2v) is 3.34. The maximum atomic E-state index is 9.95. The van der Waals surface area contributed by atoms with Gasteiger partial charge >= 0.3 is 0 Å². The summed E-state index contributed by atoms with van der Waals surface area (Å²) in [5, 5.41) is 10.1. The number of isocyanates is 1. The van der Waals surface area contributed by atoms with Crippen molar-refractivity contribution in [3.05, 3.63) is 22.2 Å². The van der Waals surface area contributed by atoms with Crippen molar-refractivity contribution < 1.29 is 14.6 Å². The van der Waals surface area contributed by atoms with E-state index < -0.39 is 0 Å². The minimum absolute atomic E-state index is 0.0373. The highest BCUT2D eigenvalue weighted by atomic mass is 35.5. The summed E-state index contributed by atoms with van der Waals surface area (Å²) in [5.74, 6) is 0.461. The Kier molecular flexibility index (Phi) is 3.72. The molecule has 1 rings (SSSR count). The van der Waals surface area contributed by atoms with E-state index in [0.717, 1.165) is 0 Å². The van der Waals surface area contributed by atoms with Crippen molar-refractivity contribution >= 4 is 17.7 Å². The minimum atomic E-state index is 0.0373. The fraction of sp³-hybridized carbons (Fsp3) is 0.300. The van der Waals surface area contributed by atoms with Crippen LogP contribution in [0.3, 0.4) is 0 Å². The van der Waals surface area contributed by atoms with Gasteiger partial charge in [-0.15, -0.1) is 0 Å². The summed E-state index contributed by atoms with van der Waals surface area (Å²) in [6.45, 7) is 1.73. The van der Waals surface area contributed by atoms with E-state index in [1.807, 2.05) is 0 Å². The minimum Gasteiger partial charge on any atom is -0.507 e. The topological polar surface area (TPSA) is 58.9 Å². The molecule has 5 heteroatoms. The average molecular weight is 228 g/mol. The second kappa shape index (κ2) is 4.82. The molecule has 1 aromatic carbocycles. The Labute approximate surface area is 92.2 Å². The molecule has 0 aliphatic carbocycles. The molecule has 0 fully saturated rings. The Bertz CT molecular complexity index is 425. The molecular formula is C10H10ClNO3. The molecule has 4 nitrogen and oxygen atoms in total. The number of halogens is 1. The average Bonchev–Trinajstić information content (AvgIpc) is 2.22. The Morgan fingerprint density at radius 3 is 2.87 bits per heavy atom. The van der Waals surface area contributed by atoms with Crippen LogP contribution in [0.5, 0.6) is 11.5 Å². The molecule has 0 spiro atoms. The highest BCUT2D eigenvalue weighted by Crippen LogP contribution is 2.37. The van der Waals surface area contributed by atoms with Crippen LogP contribution < -0.4 is 4.74 Å². The number of methoxy groups -OCH3 is 1. The Balaban J connectivity index is 3.26. The third-order valence-corrected chi connectivity index (χ3v) is 2.32. The summed E-state index contributed by atoms with van der Waals surface area (Å²) in [7, 11) is 1.47. The highest BCUT2D eigenvalue weighted by molar-refractivity contribution is 6.32. The SMILES string of the molecule is COc1c(Cl)cc(CN=C=O)c(O)c1C. The van der Waals surface area contributed by atoms with E-state index >= 15 is 0 Å². The molecule has 0 aliphatic rings. The predicted molar refractivity (Wildman–Crippen MR) is 56.2 cm³/mol. The van der Waals surface area contributed by atoms with Crippen LogP contribution in [0.4, 0.5) is 0 Å². The summed E-state index contributed by atoms with van der Waals surface area (Å²) in [6.07, 6.45) is 1.40. The van der Waals surface area contributed by atoms with Gasteiger partial charge in [-0.2, -0.15) is 0 Å². The van der Waals surface area contributed by atoms with E-state index in [-0.39, 0.29) is 12.3 Å². The van der Waals surface area contributed by atoms with E-state index in [0.29, 0.717) is 21.9 Å². The van der Waals surface area contributed by atoms with Crippen LogP contribution in [0.15, 0.2) is 11.1 Å². The number of ether oxygens (including phenoxy) is 1. The Morgan fingerprint density at radius 1 is 1.67 bits per heavy atom. The van der Waals surface area contributed by atoms with E-state index in [1.165, 1.54) is 19.3 Å². The van der Waals surface area contributed by atoms with Crippen molar-refractivity contribution in [2.75, 3.05) is 7.11 Å². The zero-order chi connectivity index (χ0) is 11.4. The molecule has 0 unspecified atom stereocenters. The monoisotopic (exact) mass is 227 g/mol. The van der Waals surface area contributed by atoms with Gasteiger partial charge in [-0.1, -0.05) is 11.6 Å². The first kappa shape index (κ1) is 11.6. The quantitative estimate of drug-likeness (QED) is 0.636. The summed E-state index contributed by atoms with van der Waals surface area (Å²) in [5.41, 5.74) is 1.00. The third-order valence-electron chi connectivity index (χ3n) is 2.04. The second-order valence-electron chi connectivity index (χ2n) is 2.93. The lowest BCUT2D eigenvalue weighted by Crippen LogP contribution is -1.93. The highest BCUT2D eigenvalue weighted by Gasteiger charge is 2.13. The lowest BCUT2D eigenvalue weighted by molar-refractivity contribution is 0.401. The number of benzene rings is 1. The molecule has 1 aromatic rings. The first-order chi connectivity index (χ1) is 7.11. The molecule has 0 saturated carbocycles. The van der Waals surface area contributed by atoms with Crippen LogP contribution >= 0.6 is 11.6 Å². The molecule has 80 valence electrons. The molecule has 0 heterocycles. The number of aromatic hydroxyl groups is 1. The van der Waals surface area contributed by atoms with Crippen molar-refractivity contribution in [3.63, 3.8) is 0 Å². The maximum absolute atomic E-state index is 9.95. The molecule has 0 saturated heterocycles. The first-order valence-electron chi connectivity index (χ1n) is 4.20. The zero-order valence-electron chi connectivity index (χ0n) is 8.37. The van der Waals surface area contributed by atoms with Gasteiger partial charge in [0.2, 0.25) is 6.08 Å². The third kappa shape index (κ3) is 2.29. The molecule has 0 aromatic heterocycles. The number of nitrogens with zero attached hydrogens (tertiary/aromatic N) is 1. The van der Waals surface area contributed by atoms with Crippen LogP contribution in [0, 0.1) is 6.92 Å². The Morgan fingerprint density at radius 2 is 2.33 bits per heavy atom. The zero-order valence-corrected chi connectivity index (χ0v) is 9.13. The molecular weight excluding hydrogens is 218 g/mol. The number of hydrogen-bond acceptors (Lipinski definition) is 4. The number of phenolic OH excluding ortho intramolecular Hbond substituents is 1. The van der Waals surface area contributed by atoms with E-state index in [2.05, 4.69) is 4.99 Å².